The molecule has 0 aromatic rings. The lowest BCUT2D eigenvalue weighted by atomic mass is 9.65. The molecule has 0 aliphatic heterocycles. The van der Waals surface area contributed by atoms with Crippen LogP contribution in [-0.4, -0.2) is 0 Å². The summed E-state index contributed by atoms with van der Waals surface area (Å²) in [5.41, 5.74) is 1.12. The summed E-state index contributed by atoms with van der Waals surface area (Å²) in [5, 5.41) is 0. The normalized spacial score (nSPS) is 25.8. The Morgan fingerprint density at radius 2 is 1.50 bits per heavy atom. The molecule has 1 fully saturated rings. The van der Waals surface area contributed by atoms with Crippen molar-refractivity contribution in [2.75, 3.05) is 0 Å². The smallest absolute Gasteiger partial charge is 0.0295 e. The third-order valence-electron chi connectivity index (χ3n) is 4.09. The number of hydrogen-bond acceptors (Lipinski definition) is 0. The maximum atomic E-state index is 2.48. The number of hydrogen-bond donors (Lipinski definition) is 0. The fraction of sp³-hybridized carbons (Fsp3) is 1.00. The largest absolute Gasteiger partial charge is 0.0615 e. The summed E-state index contributed by atoms with van der Waals surface area (Å²) in [6.45, 7) is 12.0. The van der Waals surface area contributed by atoms with Gasteiger partial charge < -0.3 is 0 Å². The van der Waals surface area contributed by atoms with Crippen LogP contribution < -0.4 is 0 Å². The molecule has 12 heavy (non-hydrogen) atoms. The second kappa shape index (κ2) is 3.05. The molecule has 1 atom stereocenters. The Morgan fingerprint density at radius 3 is 1.83 bits per heavy atom. The predicted molar refractivity (Wildman–Crippen MR) is 55.2 cm³/mol. The predicted octanol–water partition coefficient (Wildman–Crippen LogP) is 4.25. The Balaban J connectivity index is 2.68. The van der Waals surface area contributed by atoms with Gasteiger partial charge >= 0.3 is 0 Å². The van der Waals surface area contributed by atoms with Crippen molar-refractivity contribution >= 4 is 0 Å². The van der Waals surface area contributed by atoms with Crippen LogP contribution in [0.1, 0.15) is 60.3 Å². The minimum Gasteiger partial charge on any atom is -0.0615 e. The average Bonchev–Trinajstić information content (AvgIpc) is 2.34. The van der Waals surface area contributed by atoms with Crippen molar-refractivity contribution in [2.45, 2.75) is 60.3 Å². The molecule has 0 aromatic carbocycles. The summed E-state index contributed by atoms with van der Waals surface area (Å²) in [6, 6.07) is 0. The van der Waals surface area contributed by atoms with E-state index in [0.29, 0.717) is 10.8 Å². The van der Waals surface area contributed by atoms with Crippen molar-refractivity contribution in [2.24, 2.45) is 16.7 Å². The van der Waals surface area contributed by atoms with Crippen LogP contribution in [0, 0.1) is 16.7 Å². The van der Waals surface area contributed by atoms with Crippen molar-refractivity contribution in [3.05, 3.63) is 0 Å². The first-order valence-electron chi connectivity index (χ1n) is 5.36. The summed E-state index contributed by atoms with van der Waals surface area (Å²) in [4.78, 5) is 0. The van der Waals surface area contributed by atoms with Gasteiger partial charge in [-0.05, 0) is 29.6 Å². The van der Waals surface area contributed by atoms with Crippen LogP contribution in [0.2, 0.25) is 0 Å². The molecule has 1 rings (SSSR count). The van der Waals surface area contributed by atoms with Crippen molar-refractivity contribution < 1.29 is 0 Å². The molecule has 0 nitrogen and oxygen atoms in total. The van der Waals surface area contributed by atoms with Gasteiger partial charge in [-0.25, -0.2) is 0 Å². The van der Waals surface area contributed by atoms with Gasteiger partial charge in [0.05, 0.1) is 0 Å². The molecule has 0 radical (unpaired) electrons. The molecular formula is C12H24. The molecule has 1 saturated carbocycles. The lowest BCUT2D eigenvalue weighted by molar-refractivity contribution is 0.0926. The molecule has 0 aromatic heterocycles. The Kier molecular flexibility index (Phi) is 2.56. The van der Waals surface area contributed by atoms with E-state index < -0.39 is 0 Å². The molecule has 72 valence electrons. The number of rotatable bonds is 1. The molecule has 0 heteroatoms. The summed E-state index contributed by atoms with van der Waals surface area (Å²) in [6.07, 6.45) is 5.81. The van der Waals surface area contributed by atoms with Gasteiger partial charge in [0.1, 0.15) is 0 Å². The van der Waals surface area contributed by atoms with Gasteiger partial charge in [-0.2, -0.15) is 0 Å². The highest BCUT2D eigenvalue weighted by Crippen LogP contribution is 2.49. The van der Waals surface area contributed by atoms with Crippen LogP contribution in [0.3, 0.4) is 0 Å². The van der Waals surface area contributed by atoms with Crippen molar-refractivity contribution in [1.82, 2.24) is 0 Å². The average molecular weight is 168 g/mol. The van der Waals surface area contributed by atoms with Gasteiger partial charge in [0.25, 0.3) is 0 Å². The lowest BCUT2D eigenvalue weighted by Gasteiger charge is -2.40. The third-order valence-corrected chi connectivity index (χ3v) is 4.09. The van der Waals surface area contributed by atoms with Crippen LogP contribution in [0.5, 0.6) is 0 Å². The molecule has 1 aliphatic carbocycles. The zero-order valence-corrected chi connectivity index (χ0v) is 9.41. The van der Waals surface area contributed by atoms with Crippen LogP contribution in [-0.2, 0) is 0 Å². The Bertz CT molecular complexity index is 144. The van der Waals surface area contributed by atoms with Crippen LogP contribution in [0.15, 0.2) is 0 Å². The van der Waals surface area contributed by atoms with E-state index in [1.165, 1.54) is 25.7 Å². The highest BCUT2D eigenvalue weighted by Gasteiger charge is 2.39. The van der Waals surface area contributed by atoms with Crippen LogP contribution >= 0.6 is 0 Å². The molecule has 1 unspecified atom stereocenters. The highest BCUT2D eigenvalue weighted by molar-refractivity contribution is 4.89. The lowest BCUT2D eigenvalue weighted by Crippen LogP contribution is -2.32. The maximum Gasteiger partial charge on any atom is -0.0295 e. The van der Waals surface area contributed by atoms with E-state index in [4.69, 9.17) is 0 Å². The van der Waals surface area contributed by atoms with Crippen molar-refractivity contribution in [3.8, 4) is 0 Å². The highest BCUT2D eigenvalue weighted by atomic mass is 14.4. The Labute approximate surface area is 77.7 Å². The van der Waals surface area contributed by atoms with Crippen LogP contribution in [0.25, 0.3) is 0 Å². The molecule has 0 spiro atoms. The van der Waals surface area contributed by atoms with Gasteiger partial charge in [-0.1, -0.05) is 47.5 Å². The Hall–Kier alpha value is 0. The van der Waals surface area contributed by atoms with E-state index in [2.05, 4.69) is 34.6 Å². The second-order valence-corrected chi connectivity index (χ2v) is 5.95. The Morgan fingerprint density at radius 1 is 1.08 bits per heavy atom. The summed E-state index contributed by atoms with van der Waals surface area (Å²) < 4.78 is 0. The van der Waals surface area contributed by atoms with E-state index in [1.807, 2.05) is 0 Å². The molecule has 0 bridgehead atoms. The molecule has 1 aliphatic rings. The molecule has 0 saturated heterocycles. The SMILES string of the molecule is CC(C(C)(C)C)C1(C)CCCC1. The minimum absolute atomic E-state index is 0.485. The van der Waals surface area contributed by atoms with Gasteiger partial charge in [0, 0.05) is 0 Å². The van der Waals surface area contributed by atoms with E-state index in [1.54, 1.807) is 0 Å². The van der Waals surface area contributed by atoms with Crippen LogP contribution in [0.4, 0.5) is 0 Å². The molecule has 0 N–H and O–H groups in total. The van der Waals surface area contributed by atoms with Crippen molar-refractivity contribution in [1.29, 1.82) is 0 Å². The quantitative estimate of drug-likeness (QED) is 0.549. The maximum absolute atomic E-state index is 2.48. The van der Waals surface area contributed by atoms with Gasteiger partial charge in [-0.15, -0.1) is 0 Å². The standard InChI is InChI=1S/C12H24/c1-10(11(2,3)4)12(5)8-6-7-9-12/h10H,6-9H2,1-5H3. The van der Waals surface area contributed by atoms with E-state index in [-0.39, 0.29) is 0 Å². The monoisotopic (exact) mass is 168 g/mol. The second-order valence-electron chi connectivity index (χ2n) is 5.95. The third kappa shape index (κ3) is 1.84. The van der Waals surface area contributed by atoms with E-state index >= 15 is 0 Å². The van der Waals surface area contributed by atoms with E-state index in [9.17, 15) is 0 Å². The van der Waals surface area contributed by atoms with Gasteiger partial charge in [0.15, 0.2) is 0 Å². The zero-order chi connectivity index (χ0) is 9.41. The fourth-order valence-corrected chi connectivity index (χ4v) is 2.66. The summed E-state index contributed by atoms with van der Waals surface area (Å²) in [7, 11) is 0. The van der Waals surface area contributed by atoms with Crippen molar-refractivity contribution in [3.63, 3.8) is 0 Å². The first kappa shape index (κ1) is 10.1. The van der Waals surface area contributed by atoms with Gasteiger partial charge in [-0.3, -0.25) is 0 Å². The zero-order valence-electron chi connectivity index (χ0n) is 9.41. The molecule has 0 amide bonds. The topological polar surface area (TPSA) is 0 Å². The molecule has 0 heterocycles. The van der Waals surface area contributed by atoms with E-state index in [0.717, 1.165) is 5.92 Å². The first-order valence-corrected chi connectivity index (χ1v) is 5.36. The summed E-state index contributed by atoms with van der Waals surface area (Å²) in [5.74, 6) is 0.854. The molecular weight excluding hydrogens is 144 g/mol. The fourth-order valence-electron chi connectivity index (χ4n) is 2.66. The summed E-state index contributed by atoms with van der Waals surface area (Å²) >= 11 is 0. The van der Waals surface area contributed by atoms with Gasteiger partial charge in [0.2, 0.25) is 0 Å². The first-order chi connectivity index (χ1) is 5.36. The minimum atomic E-state index is 0.485.